The van der Waals surface area contributed by atoms with Gasteiger partial charge in [0, 0.05) is 36.0 Å². The number of benzene rings is 1. The number of alkyl halides is 1. The fourth-order valence-electron chi connectivity index (χ4n) is 4.88. The fraction of sp³-hybridized carbons (Fsp3) is 0.423. The van der Waals surface area contributed by atoms with Crippen LogP contribution in [0.25, 0.3) is 22.4 Å². The Kier molecular flexibility index (Phi) is 6.05. The number of hydrogen-bond acceptors (Lipinski definition) is 7. The first-order valence-corrected chi connectivity index (χ1v) is 12.7. The number of nitrogens with zero attached hydrogens (tertiary/aromatic N) is 5. The Morgan fingerprint density at radius 2 is 2.05 bits per heavy atom. The zero-order chi connectivity index (χ0) is 25.7. The van der Waals surface area contributed by atoms with Gasteiger partial charge in [0.15, 0.2) is 5.65 Å². The first-order valence-electron chi connectivity index (χ1n) is 12.3. The molecule has 2 atom stereocenters. The van der Waals surface area contributed by atoms with Crippen molar-refractivity contribution in [1.82, 2.24) is 24.7 Å². The lowest BCUT2D eigenvalue weighted by atomic mass is 10.1. The third kappa shape index (κ3) is 5.01. The summed E-state index contributed by atoms with van der Waals surface area (Å²) in [6, 6.07) is 10.2. The minimum Gasteiger partial charge on any atom is -0.459 e. The summed E-state index contributed by atoms with van der Waals surface area (Å²) in [6.07, 6.45) is 2.17. The van der Waals surface area contributed by atoms with Crippen LogP contribution in [0.4, 0.5) is 10.1 Å². The largest absolute Gasteiger partial charge is 0.459 e. The molecule has 0 aliphatic carbocycles. The van der Waals surface area contributed by atoms with Crippen LogP contribution in [0.5, 0.6) is 6.01 Å². The highest BCUT2D eigenvalue weighted by molar-refractivity contribution is 6.33. The molecule has 2 N–H and O–H groups in total. The second kappa shape index (κ2) is 9.27. The van der Waals surface area contributed by atoms with Gasteiger partial charge in [-0.1, -0.05) is 23.7 Å². The molecule has 9 nitrogen and oxygen atoms in total. The molecule has 0 radical (unpaired) electrons. The van der Waals surface area contributed by atoms with E-state index in [0.29, 0.717) is 47.5 Å². The fourth-order valence-corrected chi connectivity index (χ4v) is 5.14. The van der Waals surface area contributed by atoms with E-state index in [-0.39, 0.29) is 25.4 Å². The highest BCUT2D eigenvalue weighted by Gasteiger charge is 2.28. The zero-order valence-electron chi connectivity index (χ0n) is 20.6. The van der Waals surface area contributed by atoms with E-state index in [0.717, 1.165) is 29.1 Å². The molecule has 0 amide bonds. The minimum atomic E-state index is -1.30. The van der Waals surface area contributed by atoms with E-state index in [4.69, 9.17) is 21.1 Å². The molecule has 5 heterocycles. The molecule has 6 rings (SSSR count). The van der Waals surface area contributed by atoms with Crippen molar-refractivity contribution in [3.8, 4) is 17.3 Å². The molecule has 0 bridgehead atoms. The summed E-state index contributed by atoms with van der Waals surface area (Å²) in [4.78, 5) is 14.5. The zero-order valence-corrected chi connectivity index (χ0v) is 21.4. The molecule has 3 aromatic heterocycles. The molecule has 37 heavy (non-hydrogen) atoms. The first kappa shape index (κ1) is 24.1. The third-order valence-corrected chi connectivity index (χ3v) is 6.89. The lowest BCUT2D eigenvalue weighted by molar-refractivity contribution is 0.0528. The van der Waals surface area contributed by atoms with Crippen LogP contribution in [0.3, 0.4) is 0 Å². The maximum absolute atomic E-state index is 14.0. The second-order valence-corrected chi connectivity index (χ2v) is 10.7. The third-order valence-electron chi connectivity index (χ3n) is 6.60. The summed E-state index contributed by atoms with van der Waals surface area (Å²) < 4.78 is 27.0. The van der Waals surface area contributed by atoms with Gasteiger partial charge in [-0.05, 0) is 32.0 Å². The van der Waals surface area contributed by atoms with E-state index in [2.05, 4.69) is 25.0 Å². The number of imidazole rings is 1. The lowest BCUT2D eigenvalue weighted by Gasteiger charge is -2.19. The van der Waals surface area contributed by atoms with Crippen molar-refractivity contribution >= 4 is 28.5 Å². The van der Waals surface area contributed by atoms with Gasteiger partial charge in [0.1, 0.15) is 11.8 Å². The first-order chi connectivity index (χ1) is 17.7. The van der Waals surface area contributed by atoms with Crippen molar-refractivity contribution < 1.29 is 19.0 Å². The van der Waals surface area contributed by atoms with Crippen LogP contribution >= 0.6 is 11.6 Å². The number of aliphatic hydroxyl groups excluding tert-OH is 1. The number of H-pyrrole nitrogens is 1. The average molecular weight is 527 g/mol. The SMILES string of the molecule is CC(C)(F)Cn1cc2c(n1)CN(c1ccc(-c3nc4nc(O[C@@H]5COC(CO)C5)[nH]c4cc3Cl)cc1)C2. The van der Waals surface area contributed by atoms with Crippen molar-refractivity contribution in [1.29, 1.82) is 0 Å². The lowest BCUT2D eigenvalue weighted by Crippen LogP contribution is -2.22. The second-order valence-electron chi connectivity index (χ2n) is 10.3. The van der Waals surface area contributed by atoms with Gasteiger partial charge in [-0.25, -0.2) is 9.37 Å². The van der Waals surface area contributed by atoms with Crippen molar-refractivity contribution in [2.75, 3.05) is 18.1 Å². The molecule has 11 heteroatoms. The van der Waals surface area contributed by atoms with Gasteiger partial charge in [-0.2, -0.15) is 10.1 Å². The maximum Gasteiger partial charge on any atom is 0.296 e. The molecule has 2 aliphatic rings. The molecule has 1 saturated heterocycles. The summed E-state index contributed by atoms with van der Waals surface area (Å²) in [5.41, 5.74) is 4.57. The number of fused-ring (bicyclic) bond motifs is 2. The van der Waals surface area contributed by atoms with Gasteiger partial charge in [0.05, 0.1) is 54.3 Å². The number of ether oxygens (including phenoxy) is 2. The number of aromatic nitrogens is 5. The van der Waals surface area contributed by atoms with Crippen LogP contribution in [-0.4, -0.2) is 60.9 Å². The molecule has 4 aromatic rings. The van der Waals surface area contributed by atoms with Gasteiger partial charge < -0.3 is 24.5 Å². The van der Waals surface area contributed by atoms with E-state index >= 15 is 0 Å². The average Bonchev–Trinajstić information content (AvgIpc) is 3.61. The van der Waals surface area contributed by atoms with Crippen LogP contribution < -0.4 is 9.64 Å². The Hall–Kier alpha value is -3.21. The smallest absolute Gasteiger partial charge is 0.296 e. The topological polar surface area (TPSA) is 101 Å². The molecule has 1 unspecified atom stereocenters. The van der Waals surface area contributed by atoms with E-state index in [9.17, 15) is 9.50 Å². The molecule has 2 aliphatic heterocycles. The number of pyridine rings is 1. The summed E-state index contributed by atoms with van der Waals surface area (Å²) in [7, 11) is 0. The van der Waals surface area contributed by atoms with Crippen LogP contribution in [0.1, 0.15) is 31.5 Å². The van der Waals surface area contributed by atoms with Crippen molar-refractivity contribution in [2.24, 2.45) is 0 Å². The van der Waals surface area contributed by atoms with Gasteiger partial charge in [0.25, 0.3) is 6.01 Å². The molecule has 1 aromatic carbocycles. The number of nitrogens with one attached hydrogen (secondary N) is 1. The van der Waals surface area contributed by atoms with Crippen molar-refractivity contribution in [3.05, 3.63) is 52.8 Å². The number of halogens is 2. The number of hydrogen-bond donors (Lipinski definition) is 2. The standard InChI is InChI=1S/C26H28ClFN6O3/c1-26(2,28)14-34-10-16-9-33(11-22(16)32-34)17-5-3-15(4-6-17)23-20(27)8-21-24(30-23)31-25(29-21)37-19-7-18(12-35)36-13-19/h3-6,8,10,18-19,35H,7,9,11-14H2,1-2H3,(H,29,30,31)/t18?,19-/m0/s1. The molecular formula is C26H28ClFN6O3. The normalized spacial score (nSPS) is 19.6. The number of aliphatic hydroxyl groups is 1. The van der Waals surface area contributed by atoms with E-state index in [1.54, 1.807) is 24.6 Å². The number of anilines is 1. The summed E-state index contributed by atoms with van der Waals surface area (Å²) >= 11 is 6.58. The molecule has 1 fully saturated rings. The highest BCUT2D eigenvalue weighted by atomic mass is 35.5. The van der Waals surface area contributed by atoms with Crippen LogP contribution in [0.15, 0.2) is 36.5 Å². The van der Waals surface area contributed by atoms with Gasteiger partial charge in [-0.15, -0.1) is 0 Å². The van der Waals surface area contributed by atoms with Crippen LogP contribution in [0, 0.1) is 0 Å². The van der Waals surface area contributed by atoms with Crippen molar-refractivity contribution in [2.45, 2.75) is 57.8 Å². The Morgan fingerprint density at radius 1 is 1.24 bits per heavy atom. The van der Waals surface area contributed by atoms with E-state index in [1.165, 1.54) is 0 Å². The molecule has 194 valence electrons. The quantitative estimate of drug-likeness (QED) is 0.371. The Balaban J connectivity index is 1.16. The predicted molar refractivity (Wildman–Crippen MR) is 137 cm³/mol. The van der Waals surface area contributed by atoms with E-state index < -0.39 is 5.67 Å². The number of aromatic amines is 1. The summed E-state index contributed by atoms with van der Waals surface area (Å²) in [6.45, 7) is 5.16. The molecule has 0 saturated carbocycles. The van der Waals surface area contributed by atoms with Gasteiger partial charge in [-0.3, -0.25) is 4.68 Å². The maximum atomic E-state index is 14.0. The van der Waals surface area contributed by atoms with Gasteiger partial charge >= 0.3 is 0 Å². The Morgan fingerprint density at radius 3 is 2.76 bits per heavy atom. The molecule has 0 spiro atoms. The van der Waals surface area contributed by atoms with Crippen LogP contribution in [0.2, 0.25) is 5.02 Å². The van der Waals surface area contributed by atoms with Crippen molar-refractivity contribution in [3.63, 3.8) is 0 Å². The Labute approximate surface area is 218 Å². The van der Waals surface area contributed by atoms with Crippen LogP contribution in [-0.2, 0) is 24.4 Å². The van der Waals surface area contributed by atoms with Gasteiger partial charge in [0.2, 0.25) is 0 Å². The summed E-state index contributed by atoms with van der Waals surface area (Å²) in [5.74, 6) is 0. The predicted octanol–water partition coefficient (Wildman–Crippen LogP) is 4.27. The highest BCUT2D eigenvalue weighted by Crippen LogP contribution is 2.33. The monoisotopic (exact) mass is 526 g/mol. The number of rotatable bonds is 7. The summed E-state index contributed by atoms with van der Waals surface area (Å²) in [5, 5.41) is 14.3. The molecular weight excluding hydrogens is 499 g/mol. The minimum absolute atomic E-state index is 0.0266. The van der Waals surface area contributed by atoms with E-state index in [1.807, 2.05) is 30.5 Å². The Bertz CT molecular complexity index is 1410.